The molecule has 8 heteroatoms. The minimum Gasteiger partial charge on any atom is -0.495 e. The van der Waals surface area contributed by atoms with E-state index < -0.39 is 18.0 Å². The summed E-state index contributed by atoms with van der Waals surface area (Å²) in [5.41, 5.74) is 2.53. The molecule has 0 spiro atoms. The van der Waals surface area contributed by atoms with E-state index in [-0.39, 0.29) is 11.5 Å². The van der Waals surface area contributed by atoms with E-state index >= 15 is 0 Å². The van der Waals surface area contributed by atoms with Crippen molar-refractivity contribution in [2.45, 2.75) is 20.0 Å². The van der Waals surface area contributed by atoms with E-state index in [1.54, 1.807) is 24.3 Å². The molecule has 2 amide bonds. The molecule has 8 nitrogen and oxygen atoms in total. The van der Waals surface area contributed by atoms with E-state index in [9.17, 15) is 14.4 Å². The maximum Gasteiger partial charge on any atom is 0.338 e. The zero-order valence-corrected chi connectivity index (χ0v) is 18.3. The summed E-state index contributed by atoms with van der Waals surface area (Å²) in [7, 11) is 1.51. The van der Waals surface area contributed by atoms with Gasteiger partial charge in [-0.2, -0.15) is 0 Å². The molecular formula is C25H22N2O6. The van der Waals surface area contributed by atoms with Crippen LogP contribution in [0.5, 0.6) is 5.75 Å². The van der Waals surface area contributed by atoms with Gasteiger partial charge < -0.3 is 24.5 Å². The Bertz CT molecular complexity index is 1360. The molecule has 0 unspecified atom stereocenters. The van der Waals surface area contributed by atoms with Crippen LogP contribution in [0.2, 0.25) is 0 Å². The van der Waals surface area contributed by atoms with Gasteiger partial charge in [-0.3, -0.25) is 9.59 Å². The minimum atomic E-state index is -1.07. The number of para-hydroxylation sites is 1. The van der Waals surface area contributed by atoms with Crippen molar-refractivity contribution in [3.8, 4) is 5.75 Å². The zero-order chi connectivity index (χ0) is 23.5. The molecule has 1 atom stereocenters. The Balaban J connectivity index is 1.48. The summed E-state index contributed by atoms with van der Waals surface area (Å²) in [6.45, 7) is 2.87. The van der Waals surface area contributed by atoms with Gasteiger partial charge in [-0.1, -0.05) is 18.2 Å². The zero-order valence-electron chi connectivity index (χ0n) is 18.3. The lowest BCUT2D eigenvalue weighted by Gasteiger charge is -2.15. The monoisotopic (exact) mass is 446 g/mol. The molecule has 3 aromatic carbocycles. The number of amides is 2. The number of hydrogen-bond donors (Lipinski definition) is 2. The molecule has 0 radical (unpaired) electrons. The third-order valence-electron chi connectivity index (χ3n) is 5.05. The van der Waals surface area contributed by atoms with Crippen molar-refractivity contribution in [1.29, 1.82) is 0 Å². The van der Waals surface area contributed by atoms with Crippen LogP contribution in [0, 0.1) is 0 Å². The van der Waals surface area contributed by atoms with Gasteiger partial charge >= 0.3 is 5.97 Å². The number of hydrogen-bond acceptors (Lipinski definition) is 6. The summed E-state index contributed by atoms with van der Waals surface area (Å²) in [5.74, 6) is -0.944. The summed E-state index contributed by atoms with van der Waals surface area (Å²) in [5, 5.41) is 7.15. The highest BCUT2D eigenvalue weighted by molar-refractivity contribution is 6.08. The van der Waals surface area contributed by atoms with Crippen molar-refractivity contribution in [1.82, 2.24) is 0 Å². The second-order valence-electron chi connectivity index (χ2n) is 7.44. The Morgan fingerprint density at radius 2 is 1.64 bits per heavy atom. The third kappa shape index (κ3) is 4.64. The van der Waals surface area contributed by atoms with Crippen molar-refractivity contribution >= 4 is 51.1 Å². The maximum absolute atomic E-state index is 12.7. The summed E-state index contributed by atoms with van der Waals surface area (Å²) < 4.78 is 16.6. The molecule has 0 saturated carbocycles. The predicted molar refractivity (Wildman–Crippen MR) is 125 cm³/mol. The molecule has 0 fully saturated rings. The lowest BCUT2D eigenvalue weighted by molar-refractivity contribution is -0.123. The van der Waals surface area contributed by atoms with E-state index in [4.69, 9.17) is 13.9 Å². The van der Waals surface area contributed by atoms with Crippen LogP contribution < -0.4 is 15.4 Å². The average Bonchev–Trinajstić information content (AvgIpc) is 3.15. The molecule has 168 valence electrons. The fourth-order valence-corrected chi connectivity index (χ4v) is 3.43. The number of rotatable bonds is 6. The van der Waals surface area contributed by atoms with Crippen molar-refractivity contribution in [2.24, 2.45) is 0 Å². The molecule has 0 saturated heterocycles. The summed E-state index contributed by atoms with van der Waals surface area (Å²) in [4.78, 5) is 36.2. The first-order valence-corrected chi connectivity index (χ1v) is 10.2. The first-order valence-electron chi connectivity index (χ1n) is 10.2. The largest absolute Gasteiger partial charge is 0.495 e. The second-order valence-corrected chi connectivity index (χ2v) is 7.44. The van der Waals surface area contributed by atoms with Crippen LogP contribution in [0.15, 0.2) is 65.1 Å². The van der Waals surface area contributed by atoms with Gasteiger partial charge in [0.25, 0.3) is 5.91 Å². The fraction of sp³-hybridized carbons (Fsp3) is 0.160. The van der Waals surface area contributed by atoms with E-state index in [0.717, 1.165) is 16.4 Å². The van der Waals surface area contributed by atoms with Gasteiger partial charge in [0.05, 0.1) is 18.4 Å². The standard InChI is InChI=1S/C25H22N2O6/c1-14(32-25(30)16-8-10-17(11-9-16)26-15(2)28)24(29)27-20-13-22-19(12-23(20)31-3)18-6-4-5-7-21(18)33-22/h4-14H,1-3H3,(H,26,28)(H,27,29)/t14-/m0/s1. The number of anilines is 2. The van der Waals surface area contributed by atoms with Gasteiger partial charge in [0.2, 0.25) is 5.91 Å². The number of fused-ring (bicyclic) bond motifs is 3. The lowest BCUT2D eigenvalue weighted by Crippen LogP contribution is -2.30. The molecule has 0 bridgehead atoms. The number of ether oxygens (including phenoxy) is 2. The summed E-state index contributed by atoms with van der Waals surface area (Å²) >= 11 is 0. The van der Waals surface area contributed by atoms with Gasteiger partial charge in [-0.15, -0.1) is 0 Å². The molecule has 4 aromatic rings. The van der Waals surface area contributed by atoms with Crippen molar-refractivity contribution in [3.05, 3.63) is 66.2 Å². The van der Waals surface area contributed by atoms with Crippen LogP contribution in [0.3, 0.4) is 0 Å². The fourth-order valence-electron chi connectivity index (χ4n) is 3.43. The number of esters is 1. The second kappa shape index (κ2) is 9.04. The first kappa shape index (κ1) is 21.9. The summed E-state index contributed by atoms with van der Waals surface area (Å²) in [6.07, 6.45) is -1.07. The topological polar surface area (TPSA) is 107 Å². The Morgan fingerprint density at radius 3 is 2.33 bits per heavy atom. The number of methoxy groups -OCH3 is 1. The van der Waals surface area contributed by atoms with Crippen LogP contribution in [-0.4, -0.2) is 31.0 Å². The Hall–Kier alpha value is -4.33. The van der Waals surface area contributed by atoms with Crippen molar-refractivity contribution < 1.29 is 28.3 Å². The van der Waals surface area contributed by atoms with E-state index in [0.29, 0.717) is 22.7 Å². The maximum atomic E-state index is 12.7. The van der Waals surface area contributed by atoms with Gasteiger partial charge in [0, 0.05) is 29.4 Å². The van der Waals surface area contributed by atoms with Crippen LogP contribution >= 0.6 is 0 Å². The third-order valence-corrected chi connectivity index (χ3v) is 5.05. The molecular weight excluding hydrogens is 424 g/mol. The van der Waals surface area contributed by atoms with Gasteiger partial charge in [0.1, 0.15) is 16.9 Å². The van der Waals surface area contributed by atoms with Gasteiger partial charge in [-0.05, 0) is 43.3 Å². The number of benzene rings is 3. The molecule has 1 heterocycles. The minimum absolute atomic E-state index is 0.216. The quantitative estimate of drug-likeness (QED) is 0.415. The Morgan fingerprint density at radius 1 is 0.909 bits per heavy atom. The SMILES string of the molecule is COc1cc2c(cc1NC(=O)[C@H](C)OC(=O)c1ccc(NC(C)=O)cc1)oc1ccccc12. The molecule has 0 aliphatic rings. The van der Waals surface area contributed by atoms with Crippen molar-refractivity contribution in [2.75, 3.05) is 17.7 Å². The Kier molecular flexibility index (Phi) is 5.99. The van der Waals surface area contributed by atoms with Crippen LogP contribution in [0.1, 0.15) is 24.2 Å². The van der Waals surface area contributed by atoms with E-state index in [1.807, 2.05) is 24.3 Å². The van der Waals surface area contributed by atoms with E-state index in [1.165, 1.54) is 33.1 Å². The van der Waals surface area contributed by atoms with Crippen LogP contribution in [0.4, 0.5) is 11.4 Å². The van der Waals surface area contributed by atoms with Gasteiger partial charge in [-0.25, -0.2) is 4.79 Å². The lowest BCUT2D eigenvalue weighted by atomic mass is 10.1. The number of carbonyl (C=O) groups is 3. The van der Waals surface area contributed by atoms with Gasteiger partial charge in [0.15, 0.2) is 6.10 Å². The average molecular weight is 446 g/mol. The van der Waals surface area contributed by atoms with E-state index in [2.05, 4.69) is 10.6 Å². The molecule has 0 aliphatic heterocycles. The highest BCUT2D eigenvalue weighted by Gasteiger charge is 2.21. The van der Waals surface area contributed by atoms with Crippen LogP contribution in [-0.2, 0) is 14.3 Å². The smallest absolute Gasteiger partial charge is 0.338 e. The first-order chi connectivity index (χ1) is 15.9. The van der Waals surface area contributed by atoms with Crippen molar-refractivity contribution in [3.63, 3.8) is 0 Å². The van der Waals surface area contributed by atoms with Crippen LogP contribution in [0.25, 0.3) is 21.9 Å². The molecule has 1 aromatic heterocycles. The number of furan rings is 1. The highest BCUT2D eigenvalue weighted by atomic mass is 16.5. The predicted octanol–water partition coefficient (Wildman–Crippen LogP) is 4.74. The number of nitrogens with one attached hydrogen (secondary N) is 2. The molecule has 4 rings (SSSR count). The Labute approximate surface area is 189 Å². The normalized spacial score (nSPS) is 11.7. The highest BCUT2D eigenvalue weighted by Crippen LogP contribution is 2.36. The number of carbonyl (C=O) groups excluding carboxylic acids is 3. The molecule has 0 aliphatic carbocycles. The molecule has 2 N–H and O–H groups in total. The summed E-state index contributed by atoms with van der Waals surface area (Å²) in [6, 6.07) is 17.3. The molecule has 33 heavy (non-hydrogen) atoms.